The van der Waals surface area contributed by atoms with E-state index in [1.807, 2.05) is 25.1 Å². The fourth-order valence-corrected chi connectivity index (χ4v) is 3.12. The van der Waals surface area contributed by atoms with Crippen LogP contribution in [0.2, 0.25) is 5.02 Å². The third kappa shape index (κ3) is 4.10. The van der Waals surface area contributed by atoms with Crippen molar-refractivity contribution in [3.8, 4) is 5.75 Å². The summed E-state index contributed by atoms with van der Waals surface area (Å²) in [6.45, 7) is 5.75. The lowest BCUT2D eigenvalue weighted by atomic mass is 10.0. The Kier molecular flexibility index (Phi) is 5.88. The van der Waals surface area contributed by atoms with E-state index < -0.39 is 0 Å². The molecule has 5 heteroatoms. The quantitative estimate of drug-likeness (QED) is 0.774. The van der Waals surface area contributed by atoms with Crippen LogP contribution in [0, 0.1) is 0 Å². The molecular weight excluding hydrogens is 290 g/mol. The van der Waals surface area contributed by atoms with Gasteiger partial charge < -0.3 is 14.2 Å². The maximum Gasteiger partial charge on any atom is 0.137 e. The summed E-state index contributed by atoms with van der Waals surface area (Å²) in [6.07, 6.45) is 0.941. The molecule has 1 heterocycles. The molecule has 0 radical (unpaired) electrons. The van der Waals surface area contributed by atoms with Gasteiger partial charge in [0.25, 0.3) is 0 Å². The maximum atomic E-state index is 6.36. The van der Waals surface area contributed by atoms with Crippen LogP contribution >= 0.6 is 11.6 Å². The van der Waals surface area contributed by atoms with Crippen molar-refractivity contribution in [2.45, 2.75) is 25.5 Å². The Morgan fingerprint density at radius 2 is 2.24 bits per heavy atom. The topological polar surface area (TPSA) is 30.9 Å². The van der Waals surface area contributed by atoms with Crippen molar-refractivity contribution in [3.63, 3.8) is 0 Å². The van der Waals surface area contributed by atoms with Gasteiger partial charge in [0.05, 0.1) is 18.7 Å². The Morgan fingerprint density at radius 1 is 1.43 bits per heavy atom. The molecule has 1 aromatic carbocycles. The zero-order valence-corrected chi connectivity index (χ0v) is 13.8. The minimum absolute atomic E-state index is 0.186. The molecule has 0 saturated carbocycles. The number of halogens is 1. The summed E-state index contributed by atoms with van der Waals surface area (Å²) in [6, 6.07) is 5.86. The fourth-order valence-electron chi connectivity index (χ4n) is 2.85. The molecular formula is C16H24ClNO3. The molecule has 1 fully saturated rings. The molecule has 0 spiro atoms. The Hall–Kier alpha value is -0.810. The van der Waals surface area contributed by atoms with E-state index in [1.54, 1.807) is 7.11 Å². The normalized spacial score (nSPS) is 22.0. The van der Waals surface area contributed by atoms with Crippen LogP contribution in [0.25, 0.3) is 0 Å². The van der Waals surface area contributed by atoms with E-state index >= 15 is 0 Å². The number of rotatable bonds is 7. The lowest BCUT2D eigenvalue weighted by molar-refractivity contribution is -0.0611. The van der Waals surface area contributed by atoms with Gasteiger partial charge in [-0.05, 0) is 25.6 Å². The molecule has 1 aliphatic heterocycles. The minimum atomic E-state index is -0.186. The summed E-state index contributed by atoms with van der Waals surface area (Å²) in [7, 11) is 3.71. The maximum absolute atomic E-state index is 6.36. The number of benzene rings is 1. The largest absolute Gasteiger partial charge is 0.495 e. The monoisotopic (exact) mass is 313 g/mol. The summed E-state index contributed by atoms with van der Waals surface area (Å²) in [5, 5.41) is 0.681. The second-order valence-electron chi connectivity index (χ2n) is 5.52. The van der Waals surface area contributed by atoms with Crippen molar-refractivity contribution in [2.75, 3.05) is 40.5 Å². The third-order valence-electron chi connectivity index (χ3n) is 3.78. The van der Waals surface area contributed by atoms with E-state index in [2.05, 4.69) is 11.9 Å². The van der Waals surface area contributed by atoms with Crippen molar-refractivity contribution in [1.82, 2.24) is 4.90 Å². The van der Waals surface area contributed by atoms with Crippen LogP contribution in [-0.2, 0) is 16.0 Å². The van der Waals surface area contributed by atoms with Gasteiger partial charge in [0.2, 0.25) is 0 Å². The van der Waals surface area contributed by atoms with Gasteiger partial charge in [-0.15, -0.1) is 0 Å². The Balaban J connectivity index is 2.02. The molecule has 1 atom stereocenters. The first-order valence-corrected chi connectivity index (χ1v) is 7.69. The van der Waals surface area contributed by atoms with Crippen molar-refractivity contribution < 1.29 is 14.2 Å². The SMILES string of the molecule is CCOC1(CN(C)Cc2cccc(OC)c2Cl)CCOC1. The lowest BCUT2D eigenvalue weighted by Crippen LogP contribution is -2.44. The first kappa shape index (κ1) is 16.6. The second-order valence-corrected chi connectivity index (χ2v) is 5.90. The summed E-state index contributed by atoms with van der Waals surface area (Å²) in [5.41, 5.74) is 0.874. The molecule has 21 heavy (non-hydrogen) atoms. The average Bonchev–Trinajstić information content (AvgIpc) is 2.89. The number of ether oxygens (including phenoxy) is 3. The molecule has 0 aliphatic carbocycles. The molecule has 1 saturated heterocycles. The zero-order valence-electron chi connectivity index (χ0n) is 13.0. The highest BCUT2D eigenvalue weighted by atomic mass is 35.5. The number of nitrogens with zero attached hydrogens (tertiary/aromatic N) is 1. The van der Waals surface area contributed by atoms with Crippen molar-refractivity contribution in [3.05, 3.63) is 28.8 Å². The molecule has 4 nitrogen and oxygen atoms in total. The lowest BCUT2D eigenvalue weighted by Gasteiger charge is -2.32. The number of hydrogen-bond donors (Lipinski definition) is 0. The standard InChI is InChI=1S/C16H24ClNO3/c1-4-21-16(8-9-20-12-16)11-18(2)10-13-6-5-7-14(19-3)15(13)17/h5-7H,4,8-12H2,1-3H3. The number of methoxy groups -OCH3 is 1. The molecule has 0 aromatic heterocycles. The number of likely N-dealkylation sites (N-methyl/N-ethyl adjacent to an activating group) is 1. The van der Waals surface area contributed by atoms with Gasteiger partial charge in [0.15, 0.2) is 0 Å². The van der Waals surface area contributed by atoms with Crippen LogP contribution < -0.4 is 4.74 Å². The average molecular weight is 314 g/mol. The Bertz CT molecular complexity index is 461. The van der Waals surface area contributed by atoms with Gasteiger partial charge in [0, 0.05) is 32.7 Å². The predicted octanol–water partition coefficient (Wildman–Crippen LogP) is 2.98. The molecule has 1 unspecified atom stereocenters. The second kappa shape index (κ2) is 7.45. The summed E-state index contributed by atoms with van der Waals surface area (Å²) in [4.78, 5) is 2.23. The molecule has 0 N–H and O–H groups in total. The van der Waals surface area contributed by atoms with Crippen molar-refractivity contribution in [2.24, 2.45) is 0 Å². The van der Waals surface area contributed by atoms with Crippen LogP contribution in [0.15, 0.2) is 18.2 Å². The van der Waals surface area contributed by atoms with Crippen LogP contribution in [0.4, 0.5) is 0 Å². The van der Waals surface area contributed by atoms with E-state index in [4.69, 9.17) is 25.8 Å². The third-order valence-corrected chi connectivity index (χ3v) is 4.21. The van der Waals surface area contributed by atoms with Crippen LogP contribution in [0.3, 0.4) is 0 Å². The molecule has 1 aliphatic rings. The smallest absolute Gasteiger partial charge is 0.137 e. The van der Waals surface area contributed by atoms with E-state index in [0.717, 1.165) is 31.7 Å². The van der Waals surface area contributed by atoms with Crippen molar-refractivity contribution >= 4 is 11.6 Å². The molecule has 2 rings (SSSR count). The van der Waals surface area contributed by atoms with Gasteiger partial charge in [-0.1, -0.05) is 23.7 Å². The van der Waals surface area contributed by atoms with Gasteiger partial charge in [-0.3, -0.25) is 4.90 Å². The number of hydrogen-bond acceptors (Lipinski definition) is 4. The Morgan fingerprint density at radius 3 is 2.86 bits per heavy atom. The highest BCUT2D eigenvalue weighted by Crippen LogP contribution is 2.30. The summed E-state index contributed by atoms with van der Waals surface area (Å²) < 4.78 is 16.7. The minimum Gasteiger partial charge on any atom is -0.495 e. The van der Waals surface area contributed by atoms with E-state index in [-0.39, 0.29) is 5.60 Å². The molecule has 0 bridgehead atoms. The highest BCUT2D eigenvalue weighted by Gasteiger charge is 2.36. The van der Waals surface area contributed by atoms with Gasteiger partial charge in [-0.25, -0.2) is 0 Å². The van der Waals surface area contributed by atoms with Crippen LogP contribution in [0.1, 0.15) is 18.9 Å². The van der Waals surface area contributed by atoms with E-state index in [1.165, 1.54) is 0 Å². The molecule has 0 amide bonds. The first-order valence-electron chi connectivity index (χ1n) is 7.32. The molecule has 118 valence electrons. The van der Waals surface area contributed by atoms with Gasteiger partial charge >= 0.3 is 0 Å². The highest BCUT2D eigenvalue weighted by molar-refractivity contribution is 6.32. The van der Waals surface area contributed by atoms with E-state index in [9.17, 15) is 0 Å². The van der Waals surface area contributed by atoms with Gasteiger partial charge in [0.1, 0.15) is 11.4 Å². The zero-order chi connectivity index (χ0) is 15.3. The predicted molar refractivity (Wildman–Crippen MR) is 84.1 cm³/mol. The van der Waals surface area contributed by atoms with E-state index in [0.29, 0.717) is 24.0 Å². The van der Waals surface area contributed by atoms with Crippen LogP contribution in [-0.4, -0.2) is 51.0 Å². The Labute approximate surface area is 131 Å². The van der Waals surface area contributed by atoms with Gasteiger partial charge in [-0.2, -0.15) is 0 Å². The van der Waals surface area contributed by atoms with Crippen LogP contribution in [0.5, 0.6) is 5.75 Å². The fraction of sp³-hybridized carbons (Fsp3) is 0.625. The summed E-state index contributed by atoms with van der Waals surface area (Å²) >= 11 is 6.36. The van der Waals surface area contributed by atoms with Crippen molar-refractivity contribution in [1.29, 1.82) is 0 Å². The summed E-state index contributed by atoms with van der Waals surface area (Å²) in [5.74, 6) is 0.714. The molecule has 1 aromatic rings. The first-order chi connectivity index (χ1) is 10.1.